The summed E-state index contributed by atoms with van der Waals surface area (Å²) < 4.78 is 0. The van der Waals surface area contributed by atoms with Gasteiger partial charge in [-0.15, -0.1) is 11.3 Å². The van der Waals surface area contributed by atoms with Crippen molar-refractivity contribution in [3.8, 4) is 21.1 Å². The first-order valence-corrected chi connectivity index (χ1v) is 12.3. The highest BCUT2D eigenvalue weighted by Gasteiger charge is 2.17. The predicted octanol–water partition coefficient (Wildman–Crippen LogP) is 5.64. The van der Waals surface area contributed by atoms with Gasteiger partial charge in [0.15, 0.2) is 5.13 Å². The lowest BCUT2D eigenvalue weighted by molar-refractivity contribution is 0.102. The lowest BCUT2D eigenvalue weighted by Gasteiger charge is -2.13. The van der Waals surface area contributed by atoms with E-state index in [4.69, 9.17) is 10.7 Å². The molecule has 4 aromatic rings. The SMILES string of the molecule is CNC(=O)Nc1nc(N)c(-c2nc(-c3cccc(NC(=O)c4ccccc4C(C)C)c3)cs2)s1. The maximum Gasteiger partial charge on any atom is 0.320 e. The number of nitrogen functional groups attached to an aromatic ring is 1. The number of aromatic nitrogens is 2. The van der Waals surface area contributed by atoms with Crippen molar-refractivity contribution < 1.29 is 9.59 Å². The van der Waals surface area contributed by atoms with Crippen LogP contribution in [0.3, 0.4) is 0 Å². The van der Waals surface area contributed by atoms with E-state index in [1.165, 1.54) is 29.7 Å². The second-order valence-corrected chi connectivity index (χ2v) is 9.61. The van der Waals surface area contributed by atoms with Crippen LogP contribution in [0.4, 0.5) is 21.4 Å². The molecule has 0 unspecified atom stereocenters. The van der Waals surface area contributed by atoms with Crippen molar-refractivity contribution in [1.82, 2.24) is 15.3 Å². The van der Waals surface area contributed by atoms with Gasteiger partial charge in [0.1, 0.15) is 15.7 Å². The number of urea groups is 1. The third-order valence-electron chi connectivity index (χ3n) is 5.04. The number of nitrogens with one attached hydrogen (secondary N) is 3. The summed E-state index contributed by atoms with van der Waals surface area (Å²) in [6.45, 7) is 4.14. The molecular weight excluding hydrogens is 468 g/mol. The molecule has 0 aliphatic rings. The van der Waals surface area contributed by atoms with Crippen LogP contribution in [0.25, 0.3) is 21.1 Å². The molecule has 10 heteroatoms. The van der Waals surface area contributed by atoms with E-state index >= 15 is 0 Å². The van der Waals surface area contributed by atoms with Gasteiger partial charge < -0.3 is 16.4 Å². The van der Waals surface area contributed by atoms with Crippen LogP contribution in [0.5, 0.6) is 0 Å². The molecule has 2 aromatic carbocycles. The first-order chi connectivity index (χ1) is 16.4. The molecule has 2 heterocycles. The zero-order valence-corrected chi connectivity index (χ0v) is 20.5. The molecule has 34 heavy (non-hydrogen) atoms. The predicted molar refractivity (Wildman–Crippen MR) is 140 cm³/mol. The van der Waals surface area contributed by atoms with Gasteiger partial charge in [-0.25, -0.2) is 14.8 Å². The third-order valence-corrected chi connectivity index (χ3v) is 7.03. The van der Waals surface area contributed by atoms with E-state index in [0.717, 1.165) is 16.8 Å². The van der Waals surface area contributed by atoms with E-state index in [1.807, 2.05) is 53.9 Å². The van der Waals surface area contributed by atoms with Crippen LogP contribution in [0, 0.1) is 0 Å². The first-order valence-electron chi connectivity index (χ1n) is 10.6. The number of rotatable bonds is 6. The van der Waals surface area contributed by atoms with Gasteiger partial charge in [-0.3, -0.25) is 10.1 Å². The molecule has 0 fully saturated rings. The van der Waals surface area contributed by atoms with Crippen molar-refractivity contribution >= 4 is 51.2 Å². The second-order valence-electron chi connectivity index (χ2n) is 7.75. The molecule has 3 amide bonds. The van der Waals surface area contributed by atoms with Crippen molar-refractivity contribution in [3.63, 3.8) is 0 Å². The van der Waals surface area contributed by atoms with E-state index < -0.39 is 0 Å². The minimum absolute atomic E-state index is 0.144. The summed E-state index contributed by atoms with van der Waals surface area (Å²) in [4.78, 5) is 34.1. The quantitative estimate of drug-likeness (QED) is 0.277. The summed E-state index contributed by atoms with van der Waals surface area (Å²) >= 11 is 2.70. The van der Waals surface area contributed by atoms with Gasteiger partial charge in [0.05, 0.1) is 5.69 Å². The Hall–Kier alpha value is -3.76. The van der Waals surface area contributed by atoms with Crippen LogP contribution in [-0.4, -0.2) is 29.0 Å². The van der Waals surface area contributed by atoms with Crippen molar-refractivity contribution in [3.05, 3.63) is 65.0 Å². The molecule has 8 nitrogen and oxygen atoms in total. The number of nitrogens with zero attached hydrogens (tertiary/aromatic N) is 2. The van der Waals surface area contributed by atoms with Crippen LogP contribution in [-0.2, 0) is 0 Å². The molecular formula is C24H24N6O2S2. The molecule has 0 bridgehead atoms. The fraction of sp³-hybridized carbons (Fsp3) is 0.167. The molecule has 174 valence electrons. The van der Waals surface area contributed by atoms with Gasteiger partial charge in [0.2, 0.25) is 0 Å². The van der Waals surface area contributed by atoms with Crippen molar-refractivity contribution in [2.45, 2.75) is 19.8 Å². The Kier molecular flexibility index (Phi) is 6.90. The highest BCUT2D eigenvalue weighted by Crippen LogP contribution is 2.38. The topological polar surface area (TPSA) is 122 Å². The molecule has 0 saturated heterocycles. The number of anilines is 3. The van der Waals surface area contributed by atoms with Crippen LogP contribution in [0.1, 0.15) is 35.7 Å². The van der Waals surface area contributed by atoms with Gasteiger partial charge in [0.25, 0.3) is 5.91 Å². The Bertz CT molecular complexity index is 1340. The van der Waals surface area contributed by atoms with E-state index in [0.29, 0.717) is 32.1 Å². The molecule has 0 aliphatic heterocycles. The third kappa shape index (κ3) is 5.08. The van der Waals surface area contributed by atoms with Crippen molar-refractivity contribution in [1.29, 1.82) is 0 Å². The van der Waals surface area contributed by atoms with Crippen molar-refractivity contribution in [2.75, 3.05) is 23.4 Å². The number of nitrogens with two attached hydrogens (primary N) is 1. The molecule has 0 saturated carbocycles. The van der Waals surface area contributed by atoms with Crippen LogP contribution in [0.15, 0.2) is 53.9 Å². The van der Waals surface area contributed by atoms with Crippen LogP contribution >= 0.6 is 22.7 Å². The maximum absolute atomic E-state index is 12.9. The molecule has 0 atom stereocenters. The Balaban J connectivity index is 1.55. The Morgan fingerprint density at radius 3 is 2.59 bits per heavy atom. The molecule has 0 aliphatic carbocycles. The fourth-order valence-corrected chi connectivity index (χ4v) is 5.18. The Labute approximate surface area is 205 Å². The van der Waals surface area contributed by atoms with Gasteiger partial charge in [-0.2, -0.15) is 0 Å². The number of amides is 3. The standard InChI is InChI=1S/C24H24N6O2S2/c1-13(2)16-9-4-5-10-17(16)21(31)27-15-8-6-7-14(11-15)18-12-33-22(28-18)19-20(25)29-24(34-19)30-23(32)26-3/h4-13H,25H2,1-3H3,(H,27,31)(H2,26,29,30,32). The van der Waals surface area contributed by atoms with Crippen LogP contribution < -0.4 is 21.7 Å². The van der Waals surface area contributed by atoms with E-state index in [2.05, 4.69) is 34.8 Å². The summed E-state index contributed by atoms with van der Waals surface area (Å²) in [7, 11) is 1.53. The van der Waals surface area contributed by atoms with Gasteiger partial charge in [-0.1, -0.05) is 55.5 Å². The monoisotopic (exact) mass is 492 g/mol. The van der Waals surface area contributed by atoms with Gasteiger partial charge >= 0.3 is 6.03 Å². The highest BCUT2D eigenvalue weighted by atomic mass is 32.1. The molecule has 4 rings (SSSR count). The number of thiazole rings is 2. The zero-order valence-electron chi connectivity index (χ0n) is 18.9. The Morgan fingerprint density at radius 2 is 1.82 bits per heavy atom. The minimum Gasteiger partial charge on any atom is -0.382 e. The minimum atomic E-state index is -0.366. The second kappa shape index (κ2) is 10.0. The van der Waals surface area contributed by atoms with Crippen LogP contribution in [0.2, 0.25) is 0 Å². The average Bonchev–Trinajstić information content (AvgIpc) is 3.45. The number of hydrogen-bond donors (Lipinski definition) is 4. The highest BCUT2D eigenvalue weighted by molar-refractivity contribution is 7.23. The summed E-state index contributed by atoms with van der Waals surface area (Å²) in [5.74, 6) is 0.407. The van der Waals surface area contributed by atoms with Gasteiger partial charge in [0, 0.05) is 29.2 Å². The smallest absolute Gasteiger partial charge is 0.320 e. The summed E-state index contributed by atoms with van der Waals surface area (Å²) in [5.41, 5.74) is 10.0. The maximum atomic E-state index is 12.9. The molecule has 0 spiro atoms. The number of hydrogen-bond acceptors (Lipinski definition) is 7. The summed E-state index contributed by atoms with van der Waals surface area (Å²) in [6, 6.07) is 14.8. The Morgan fingerprint density at radius 1 is 1.03 bits per heavy atom. The summed E-state index contributed by atoms with van der Waals surface area (Å²) in [6.07, 6.45) is 0. The van der Waals surface area contributed by atoms with E-state index in [-0.39, 0.29) is 17.9 Å². The van der Waals surface area contributed by atoms with Gasteiger partial charge in [-0.05, 0) is 29.7 Å². The normalized spacial score (nSPS) is 10.8. The van der Waals surface area contributed by atoms with E-state index in [1.54, 1.807) is 0 Å². The fourth-order valence-electron chi connectivity index (χ4n) is 3.37. The van der Waals surface area contributed by atoms with E-state index in [9.17, 15) is 9.59 Å². The van der Waals surface area contributed by atoms with Crippen molar-refractivity contribution in [2.24, 2.45) is 0 Å². The lowest BCUT2D eigenvalue weighted by Crippen LogP contribution is -2.24. The lowest BCUT2D eigenvalue weighted by atomic mass is 9.97. The number of carbonyl (C=O) groups excluding carboxylic acids is 2. The zero-order chi connectivity index (χ0) is 24.2. The molecule has 5 N–H and O–H groups in total. The largest absolute Gasteiger partial charge is 0.382 e. The molecule has 0 radical (unpaired) electrons. The molecule has 2 aromatic heterocycles. The average molecular weight is 493 g/mol. The number of carbonyl (C=O) groups is 2. The summed E-state index contributed by atoms with van der Waals surface area (Å²) in [5, 5.41) is 11.1. The number of benzene rings is 2. The first kappa shape index (κ1) is 23.4.